The van der Waals surface area contributed by atoms with Gasteiger partial charge in [-0.3, -0.25) is 4.98 Å². The summed E-state index contributed by atoms with van der Waals surface area (Å²) in [5, 5.41) is 3.31. The molecule has 0 aliphatic rings. The summed E-state index contributed by atoms with van der Waals surface area (Å²) in [5.74, 6) is 0. The van der Waals surface area contributed by atoms with Crippen molar-refractivity contribution in [3.63, 3.8) is 0 Å². The summed E-state index contributed by atoms with van der Waals surface area (Å²) < 4.78 is 5.51. The molecule has 0 radical (unpaired) electrons. The Balaban J connectivity index is 1.81. The predicted molar refractivity (Wildman–Crippen MR) is 79.7 cm³/mol. The van der Waals surface area contributed by atoms with Crippen molar-refractivity contribution in [1.82, 2.24) is 15.3 Å². The molecule has 0 bridgehead atoms. The molecule has 5 nitrogen and oxygen atoms in total. The standard InChI is InChI=1S/C15H22N4O/c1-3-7-17-11-14-12-20-15(18-14)19(2)10-6-13-4-8-16-9-5-13/h4-5,8-9,12,17H,3,6-7,10-11H2,1-2H3. The van der Waals surface area contributed by atoms with Crippen molar-refractivity contribution in [3.8, 4) is 0 Å². The summed E-state index contributed by atoms with van der Waals surface area (Å²) in [4.78, 5) is 10.5. The van der Waals surface area contributed by atoms with Gasteiger partial charge >= 0.3 is 0 Å². The normalized spacial score (nSPS) is 10.7. The SMILES string of the molecule is CCCNCc1coc(N(C)CCc2ccncc2)n1. The van der Waals surface area contributed by atoms with Crippen molar-refractivity contribution >= 4 is 6.01 Å². The maximum Gasteiger partial charge on any atom is 0.297 e. The van der Waals surface area contributed by atoms with Crippen LogP contribution in [0.4, 0.5) is 6.01 Å². The van der Waals surface area contributed by atoms with E-state index in [1.54, 1.807) is 6.26 Å². The number of oxazole rings is 1. The fourth-order valence-electron chi connectivity index (χ4n) is 1.89. The number of hydrogen-bond donors (Lipinski definition) is 1. The monoisotopic (exact) mass is 274 g/mol. The Kier molecular flexibility index (Phi) is 5.55. The van der Waals surface area contributed by atoms with E-state index in [9.17, 15) is 0 Å². The quantitative estimate of drug-likeness (QED) is 0.748. The van der Waals surface area contributed by atoms with Crippen LogP contribution in [0.2, 0.25) is 0 Å². The summed E-state index contributed by atoms with van der Waals surface area (Å²) in [6, 6.07) is 4.74. The lowest BCUT2D eigenvalue weighted by Crippen LogP contribution is -2.21. The minimum atomic E-state index is 0.673. The van der Waals surface area contributed by atoms with Crippen molar-refractivity contribution in [2.24, 2.45) is 0 Å². The smallest absolute Gasteiger partial charge is 0.297 e. The van der Waals surface area contributed by atoms with Gasteiger partial charge in [-0.15, -0.1) is 0 Å². The molecule has 0 aliphatic carbocycles. The van der Waals surface area contributed by atoms with Gasteiger partial charge in [-0.2, -0.15) is 4.98 Å². The Morgan fingerprint density at radius 1 is 1.30 bits per heavy atom. The summed E-state index contributed by atoms with van der Waals surface area (Å²) in [6.45, 7) is 4.77. The maximum atomic E-state index is 5.51. The Morgan fingerprint density at radius 3 is 2.85 bits per heavy atom. The fourth-order valence-corrected chi connectivity index (χ4v) is 1.89. The first-order valence-electron chi connectivity index (χ1n) is 7.04. The Morgan fingerprint density at radius 2 is 2.10 bits per heavy atom. The highest BCUT2D eigenvalue weighted by Gasteiger charge is 2.08. The molecule has 5 heteroatoms. The summed E-state index contributed by atoms with van der Waals surface area (Å²) >= 11 is 0. The molecule has 0 aliphatic heterocycles. The van der Waals surface area contributed by atoms with Gasteiger partial charge in [-0.1, -0.05) is 6.92 Å². The summed E-state index contributed by atoms with van der Waals surface area (Å²) in [7, 11) is 2.00. The third-order valence-electron chi connectivity index (χ3n) is 3.08. The van der Waals surface area contributed by atoms with Crippen LogP contribution in [0.5, 0.6) is 0 Å². The van der Waals surface area contributed by atoms with Crippen molar-refractivity contribution in [1.29, 1.82) is 0 Å². The molecule has 2 aromatic heterocycles. The number of hydrogen-bond acceptors (Lipinski definition) is 5. The van der Waals surface area contributed by atoms with Crippen LogP contribution in [0.3, 0.4) is 0 Å². The minimum absolute atomic E-state index is 0.673. The van der Waals surface area contributed by atoms with Gasteiger partial charge in [-0.05, 0) is 37.1 Å². The average molecular weight is 274 g/mol. The minimum Gasteiger partial charge on any atom is -0.432 e. The van der Waals surface area contributed by atoms with E-state index in [1.165, 1.54) is 5.56 Å². The van der Waals surface area contributed by atoms with Crippen LogP contribution >= 0.6 is 0 Å². The Bertz CT molecular complexity index is 498. The molecule has 0 unspecified atom stereocenters. The van der Waals surface area contributed by atoms with Crippen LogP contribution in [-0.2, 0) is 13.0 Å². The number of likely N-dealkylation sites (N-methyl/N-ethyl adjacent to an activating group) is 1. The van der Waals surface area contributed by atoms with E-state index >= 15 is 0 Å². The number of anilines is 1. The van der Waals surface area contributed by atoms with E-state index in [1.807, 2.05) is 36.5 Å². The highest BCUT2D eigenvalue weighted by molar-refractivity contribution is 5.26. The van der Waals surface area contributed by atoms with Gasteiger partial charge in [-0.25, -0.2) is 0 Å². The molecule has 0 amide bonds. The zero-order chi connectivity index (χ0) is 14.2. The van der Waals surface area contributed by atoms with E-state index < -0.39 is 0 Å². The molecule has 0 saturated heterocycles. The van der Waals surface area contributed by atoms with Gasteiger partial charge in [0, 0.05) is 32.5 Å². The lowest BCUT2D eigenvalue weighted by atomic mass is 10.2. The summed E-state index contributed by atoms with van der Waals surface area (Å²) in [6.07, 6.45) is 7.43. The van der Waals surface area contributed by atoms with E-state index in [-0.39, 0.29) is 0 Å². The number of pyridine rings is 1. The van der Waals surface area contributed by atoms with Crippen LogP contribution in [0, 0.1) is 0 Å². The Labute approximate surface area is 120 Å². The van der Waals surface area contributed by atoms with Gasteiger partial charge in [0.2, 0.25) is 0 Å². The van der Waals surface area contributed by atoms with Crippen LogP contribution in [0.15, 0.2) is 35.2 Å². The van der Waals surface area contributed by atoms with Crippen LogP contribution in [0.25, 0.3) is 0 Å². The molecule has 0 atom stereocenters. The zero-order valence-electron chi connectivity index (χ0n) is 12.2. The first-order chi connectivity index (χ1) is 9.79. The molecule has 20 heavy (non-hydrogen) atoms. The molecule has 0 fully saturated rings. The van der Waals surface area contributed by atoms with Crippen LogP contribution < -0.4 is 10.2 Å². The average Bonchev–Trinajstić information content (AvgIpc) is 2.95. The molecule has 1 N–H and O–H groups in total. The lowest BCUT2D eigenvalue weighted by molar-refractivity contribution is 0.543. The second-order valence-corrected chi connectivity index (χ2v) is 4.83. The van der Waals surface area contributed by atoms with E-state index in [2.05, 4.69) is 22.2 Å². The van der Waals surface area contributed by atoms with Gasteiger partial charge < -0.3 is 14.6 Å². The Hall–Kier alpha value is -1.88. The molecular formula is C15H22N4O. The van der Waals surface area contributed by atoms with Gasteiger partial charge in [0.15, 0.2) is 0 Å². The molecule has 0 saturated carbocycles. The van der Waals surface area contributed by atoms with E-state index in [0.717, 1.165) is 38.2 Å². The number of rotatable bonds is 8. The van der Waals surface area contributed by atoms with Crippen molar-refractivity contribution in [2.75, 3.05) is 25.0 Å². The second-order valence-electron chi connectivity index (χ2n) is 4.83. The largest absolute Gasteiger partial charge is 0.432 e. The van der Waals surface area contributed by atoms with Crippen molar-refractivity contribution in [3.05, 3.63) is 42.0 Å². The van der Waals surface area contributed by atoms with Gasteiger partial charge in [0.05, 0.1) is 5.69 Å². The zero-order valence-corrected chi connectivity index (χ0v) is 12.2. The maximum absolute atomic E-state index is 5.51. The molecule has 2 heterocycles. The highest BCUT2D eigenvalue weighted by Crippen LogP contribution is 2.12. The third kappa shape index (κ3) is 4.35. The molecule has 2 rings (SSSR count). The number of nitrogens with one attached hydrogen (secondary N) is 1. The third-order valence-corrected chi connectivity index (χ3v) is 3.08. The highest BCUT2D eigenvalue weighted by atomic mass is 16.4. The second kappa shape index (κ2) is 7.65. The fraction of sp³-hybridized carbons (Fsp3) is 0.467. The number of nitrogens with zero attached hydrogens (tertiary/aromatic N) is 3. The number of aromatic nitrogens is 2. The first kappa shape index (κ1) is 14.5. The van der Waals surface area contributed by atoms with E-state index in [4.69, 9.17) is 4.42 Å². The molecule has 0 spiro atoms. The lowest BCUT2D eigenvalue weighted by Gasteiger charge is -2.13. The van der Waals surface area contributed by atoms with Crippen molar-refractivity contribution in [2.45, 2.75) is 26.3 Å². The predicted octanol–water partition coefficient (Wildman–Crippen LogP) is 2.25. The molecular weight excluding hydrogens is 252 g/mol. The first-order valence-corrected chi connectivity index (χ1v) is 7.04. The summed E-state index contributed by atoms with van der Waals surface area (Å²) in [5.41, 5.74) is 2.22. The van der Waals surface area contributed by atoms with Gasteiger partial charge in [0.1, 0.15) is 6.26 Å². The van der Waals surface area contributed by atoms with Crippen molar-refractivity contribution < 1.29 is 4.42 Å². The van der Waals surface area contributed by atoms with E-state index in [0.29, 0.717) is 6.01 Å². The molecule has 0 aromatic carbocycles. The van der Waals surface area contributed by atoms with Gasteiger partial charge in [0.25, 0.3) is 6.01 Å². The molecule has 2 aromatic rings. The molecule has 108 valence electrons. The van der Waals surface area contributed by atoms with Crippen LogP contribution in [0.1, 0.15) is 24.6 Å². The van der Waals surface area contributed by atoms with Crippen LogP contribution in [-0.4, -0.2) is 30.1 Å². The topological polar surface area (TPSA) is 54.2 Å².